The number of aromatic nitrogens is 2. The third-order valence-corrected chi connectivity index (χ3v) is 5.78. The van der Waals surface area contributed by atoms with E-state index in [4.69, 9.17) is 0 Å². The molecule has 4 aromatic rings. The van der Waals surface area contributed by atoms with Gasteiger partial charge in [-0.05, 0) is 59.7 Å². The molecule has 1 amide bonds. The van der Waals surface area contributed by atoms with Crippen LogP contribution in [-0.2, 0) is 23.1 Å². The lowest BCUT2D eigenvalue weighted by Crippen LogP contribution is -2.10. The number of imidazole rings is 1. The highest BCUT2D eigenvalue weighted by Gasteiger charge is 2.29. The standard InChI is InChI=1S/C27H21FN4O3/c1-32-12-11-29-26(32)17-5-8-20(9-6-17)30-25(18-4-2-3-16(13-18)14-23(33)34)24-21-10-7-19(28)15-22(21)31-27(24)35/h2-13,15,30H,14H2,1H3,(H,31,35)(H,33,34). The molecule has 1 aromatic heterocycles. The van der Waals surface area contributed by atoms with Crippen LogP contribution in [0.4, 0.5) is 15.8 Å². The molecular weight excluding hydrogens is 447 g/mol. The third kappa shape index (κ3) is 4.41. The molecule has 7 nitrogen and oxygen atoms in total. The topological polar surface area (TPSA) is 96.3 Å². The minimum absolute atomic E-state index is 0.150. The summed E-state index contributed by atoms with van der Waals surface area (Å²) >= 11 is 0. The number of nitrogens with one attached hydrogen (secondary N) is 2. The van der Waals surface area contributed by atoms with E-state index in [2.05, 4.69) is 15.6 Å². The summed E-state index contributed by atoms with van der Waals surface area (Å²) in [5.74, 6) is -0.953. The Kier molecular flexibility index (Phi) is 5.62. The van der Waals surface area contributed by atoms with E-state index in [0.29, 0.717) is 33.6 Å². The monoisotopic (exact) mass is 468 g/mol. The number of halogens is 1. The fourth-order valence-electron chi connectivity index (χ4n) is 4.17. The van der Waals surface area contributed by atoms with Crippen LogP contribution in [-0.4, -0.2) is 26.5 Å². The summed E-state index contributed by atoms with van der Waals surface area (Å²) in [5.41, 5.74) is 4.67. The number of hydrogen-bond acceptors (Lipinski definition) is 4. The second-order valence-corrected chi connectivity index (χ2v) is 8.23. The van der Waals surface area contributed by atoms with Crippen molar-refractivity contribution >= 4 is 34.5 Å². The zero-order valence-electron chi connectivity index (χ0n) is 18.7. The van der Waals surface area contributed by atoms with Crippen LogP contribution < -0.4 is 10.6 Å². The summed E-state index contributed by atoms with van der Waals surface area (Å²) in [6.07, 6.45) is 3.45. The van der Waals surface area contributed by atoms with E-state index in [1.165, 1.54) is 12.1 Å². The van der Waals surface area contributed by atoms with E-state index in [1.807, 2.05) is 42.1 Å². The summed E-state index contributed by atoms with van der Waals surface area (Å²) in [4.78, 5) is 28.6. The van der Waals surface area contributed by atoms with Gasteiger partial charge in [0.25, 0.3) is 5.91 Å². The number of carbonyl (C=O) groups excluding carboxylic acids is 1. The van der Waals surface area contributed by atoms with Crippen molar-refractivity contribution in [2.45, 2.75) is 6.42 Å². The normalized spacial score (nSPS) is 13.8. The molecule has 2 heterocycles. The van der Waals surface area contributed by atoms with Gasteiger partial charge >= 0.3 is 5.97 Å². The maximum Gasteiger partial charge on any atom is 0.307 e. The van der Waals surface area contributed by atoms with Gasteiger partial charge < -0.3 is 20.3 Å². The SMILES string of the molecule is Cn1ccnc1-c1ccc(NC(=C2C(=O)Nc3cc(F)ccc32)c2cccc(CC(=O)O)c2)cc1. The number of carbonyl (C=O) groups is 2. The molecule has 0 aliphatic carbocycles. The zero-order valence-corrected chi connectivity index (χ0v) is 18.7. The summed E-state index contributed by atoms with van der Waals surface area (Å²) in [6.45, 7) is 0. The van der Waals surface area contributed by atoms with Gasteiger partial charge in [-0.1, -0.05) is 18.2 Å². The first-order valence-electron chi connectivity index (χ1n) is 10.9. The van der Waals surface area contributed by atoms with Crippen LogP contribution in [0.1, 0.15) is 16.7 Å². The molecule has 1 aliphatic heterocycles. The van der Waals surface area contributed by atoms with Gasteiger partial charge in [0.1, 0.15) is 11.6 Å². The minimum atomic E-state index is -0.950. The molecule has 0 atom stereocenters. The fourth-order valence-corrected chi connectivity index (χ4v) is 4.17. The lowest BCUT2D eigenvalue weighted by Gasteiger charge is -2.16. The van der Waals surface area contributed by atoms with Gasteiger partial charge in [0, 0.05) is 36.3 Å². The third-order valence-electron chi connectivity index (χ3n) is 5.78. The molecule has 3 N–H and O–H groups in total. The van der Waals surface area contributed by atoms with Crippen molar-refractivity contribution in [2.24, 2.45) is 7.05 Å². The van der Waals surface area contributed by atoms with Crippen LogP contribution in [0.5, 0.6) is 0 Å². The molecule has 3 aromatic carbocycles. The van der Waals surface area contributed by atoms with Crippen LogP contribution >= 0.6 is 0 Å². The smallest absolute Gasteiger partial charge is 0.307 e. The minimum Gasteiger partial charge on any atom is -0.481 e. The Morgan fingerprint density at radius 3 is 2.63 bits per heavy atom. The van der Waals surface area contributed by atoms with E-state index in [-0.39, 0.29) is 12.3 Å². The van der Waals surface area contributed by atoms with Crippen LogP contribution in [0.2, 0.25) is 0 Å². The molecule has 0 spiro atoms. The maximum absolute atomic E-state index is 13.8. The van der Waals surface area contributed by atoms with Crippen molar-refractivity contribution in [1.82, 2.24) is 9.55 Å². The van der Waals surface area contributed by atoms with Crippen LogP contribution in [0.3, 0.4) is 0 Å². The summed E-state index contributed by atoms with van der Waals surface area (Å²) in [7, 11) is 1.92. The Hall–Kier alpha value is -4.72. The maximum atomic E-state index is 13.8. The van der Waals surface area contributed by atoms with Crippen molar-refractivity contribution in [3.05, 3.63) is 102 Å². The number of aryl methyl sites for hydroxylation is 1. The number of anilines is 2. The summed E-state index contributed by atoms with van der Waals surface area (Å²) in [6, 6.07) is 18.8. The number of aliphatic carboxylic acids is 1. The van der Waals surface area contributed by atoms with Crippen LogP contribution in [0, 0.1) is 5.82 Å². The molecule has 0 bridgehead atoms. The zero-order chi connectivity index (χ0) is 24.5. The molecular formula is C27H21FN4O3. The van der Waals surface area contributed by atoms with Gasteiger partial charge in [-0.15, -0.1) is 0 Å². The molecule has 0 saturated heterocycles. The van der Waals surface area contributed by atoms with Crippen molar-refractivity contribution in [1.29, 1.82) is 0 Å². The molecule has 0 saturated carbocycles. The van der Waals surface area contributed by atoms with Crippen molar-refractivity contribution in [2.75, 3.05) is 10.6 Å². The van der Waals surface area contributed by atoms with Gasteiger partial charge in [-0.2, -0.15) is 0 Å². The highest BCUT2D eigenvalue weighted by Crippen LogP contribution is 2.38. The van der Waals surface area contributed by atoms with Crippen LogP contribution in [0.15, 0.2) is 79.1 Å². The summed E-state index contributed by atoms with van der Waals surface area (Å²) in [5, 5.41) is 15.3. The Labute approximate surface area is 200 Å². The molecule has 1 aliphatic rings. The number of carboxylic acids is 1. The van der Waals surface area contributed by atoms with Gasteiger partial charge in [-0.25, -0.2) is 9.37 Å². The predicted octanol–water partition coefficient (Wildman–Crippen LogP) is 4.79. The van der Waals surface area contributed by atoms with Crippen LogP contribution in [0.25, 0.3) is 22.7 Å². The second-order valence-electron chi connectivity index (χ2n) is 8.23. The molecule has 0 radical (unpaired) electrons. The van der Waals surface area contributed by atoms with Gasteiger partial charge in [-0.3, -0.25) is 9.59 Å². The first-order chi connectivity index (χ1) is 16.9. The molecule has 8 heteroatoms. The van der Waals surface area contributed by atoms with E-state index in [0.717, 1.165) is 17.1 Å². The average Bonchev–Trinajstić information content (AvgIpc) is 3.39. The Balaban J connectivity index is 1.60. The Morgan fingerprint density at radius 1 is 1.11 bits per heavy atom. The summed E-state index contributed by atoms with van der Waals surface area (Å²) < 4.78 is 15.7. The average molecular weight is 468 g/mol. The number of fused-ring (bicyclic) bond motifs is 1. The lowest BCUT2D eigenvalue weighted by molar-refractivity contribution is -0.136. The highest BCUT2D eigenvalue weighted by atomic mass is 19.1. The first-order valence-corrected chi connectivity index (χ1v) is 10.9. The fraction of sp³-hybridized carbons (Fsp3) is 0.0741. The second kappa shape index (κ2) is 8.90. The number of hydrogen-bond donors (Lipinski definition) is 3. The van der Waals surface area contributed by atoms with E-state index < -0.39 is 11.8 Å². The van der Waals surface area contributed by atoms with Crippen molar-refractivity contribution in [3.8, 4) is 11.4 Å². The molecule has 174 valence electrons. The predicted molar refractivity (Wildman–Crippen MR) is 132 cm³/mol. The van der Waals surface area contributed by atoms with E-state index in [9.17, 15) is 19.1 Å². The van der Waals surface area contributed by atoms with E-state index in [1.54, 1.807) is 36.5 Å². The van der Waals surface area contributed by atoms with Crippen molar-refractivity contribution < 1.29 is 19.1 Å². The Morgan fingerprint density at radius 2 is 1.91 bits per heavy atom. The molecule has 35 heavy (non-hydrogen) atoms. The van der Waals surface area contributed by atoms with Gasteiger partial charge in [0.15, 0.2) is 0 Å². The number of rotatable bonds is 6. The number of nitrogens with zero attached hydrogens (tertiary/aromatic N) is 2. The van der Waals surface area contributed by atoms with Gasteiger partial charge in [0.05, 0.1) is 23.4 Å². The lowest BCUT2D eigenvalue weighted by atomic mass is 9.98. The molecule has 5 rings (SSSR count). The number of amides is 1. The molecule has 0 unspecified atom stereocenters. The Bertz CT molecular complexity index is 1490. The highest BCUT2D eigenvalue weighted by molar-refractivity contribution is 6.37. The number of benzene rings is 3. The molecule has 0 fully saturated rings. The largest absolute Gasteiger partial charge is 0.481 e. The van der Waals surface area contributed by atoms with E-state index >= 15 is 0 Å². The quantitative estimate of drug-likeness (QED) is 0.354. The van der Waals surface area contributed by atoms with Crippen molar-refractivity contribution in [3.63, 3.8) is 0 Å². The first kappa shape index (κ1) is 22.1. The van der Waals surface area contributed by atoms with Gasteiger partial charge in [0.2, 0.25) is 0 Å². The number of carboxylic acid groups (broad SMARTS) is 1.